The number of sulfonamides is 1. The number of nitrogens with zero attached hydrogens (tertiary/aromatic N) is 2. The van der Waals surface area contributed by atoms with Gasteiger partial charge in [0.05, 0.1) is 21.6 Å². The monoisotopic (exact) mass is 313 g/mol. The van der Waals surface area contributed by atoms with Crippen LogP contribution in [-0.4, -0.2) is 29.3 Å². The SMILES string of the molecule is Cn1cc(Sc2ccc(S(N)(=O)=O)cc2C(=O)O)cn1. The lowest BCUT2D eigenvalue weighted by Crippen LogP contribution is -2.13. The summed E-state index contributed by atoms with van der Waals surface area (Å²) in [5.41, 5.74) is -0.120. The van der Waals surface area contributed by atoms with Crippen LogP contribution in [0.1, 0.15) is 10.4 Å². The van der Waals surface area contributed by atoms with Crippen LogP contribution < -0.4 is 5.14 Å². The Balaban J connectivity index is 2.45. The average Bonchev–Trinajstić information content (AvgIpc) is 2.73. The van der Waals surface area contributed by atoms with Crippen molar-refractivity contribution >= 4 is 27.8 Å². The third-order valence-corrected chi connectivity index (χ3v) is 4.35. The molecule has 7 nitrogen and oxygen atoms in total. The first-order valence-corrected chi connectivity index (χ1v) is 7.70. The van der Waals surface area contributed by atoms with Crippen LogP contribution in [0.4, 0.5) is 0 Å². The average molecular weight is 313 g/mol. The van der Waals surface area contributed by atoms with E-state index in [9.17, 15) is 13.2 Å². The maximum Gasteiger partial charge on any atom is 0.336 e. The fourth-order valence-electron chi connectivity index (χ4n) is 1.52. The van der Waals surface area contributed by atoms with Crippen LogP contribution in [0.5, 0.6) is 0 Å². The predicted octanol–water partition coefficient (Wildman–Crippen LogP) is 0.917. The summed E-state index contributed by atoms with van der Waals surface area (Å²) in [6.07, 6.45) is 3.31. The summed E-state index contributed by atoms with van der Waals surface area (Å²) < 4.78 is 24.1. The van der Waals surface area contributed by atoms with Crippen LogP contribution in [0, 0.1) is 0 Å². The van der Waals surface area contributed by atoms with E-state index < -0.39 is 16.0 Å². The summed E-state index contributed by atoms with van der Waals surface area (Å²) in [6, 6.07) is 3.75. The van der Waals surface area contributed by atoms with Crippen molar-refractivity contribution in [3.05, 3.63) is 36.2 Å². The second-order valence-electron chi connectivity index (χ2n) is 3.96. The molecule has 20 heavy (non-hydrogen) atoms. The van der Waals surface area contributed by atoms with E-state index in [1.165, 1.54) is 23.9 Å². The highest BCUT2D eigenvalue weighted by molar-refractivity contribution is 7.99. The zero-order valence-corrected chi connectivity index (χ0v) is 12.0. The number of carboxylic acids is 1. The van der Waals surface area contributed by atoms with Crippen molar-refractivity contribution in [1.29, 1.82) is 0 Å². The van der Waals surface area contributed by atoms with E-state index in [-0.39, 0.29) is 10.5 Å². The molecule has 0 spiro atoms. The standard InChI is InChI=1S/C11H11N3O4S2/c1-14-6-7(5-13-14)19-10-3-2-8(20(12,17)18)4-9(10)11(15)16/h2-6H,1H3,(H,15,16)(H2,12,17,18). The minimum absolute atomic E-state index is 0.120. The Hall–Kier alpha value is -1.84. The van der Waals surface area contributed by atoms with E-state index in [2.05, 4.69) is 5.10 Å². The topological polar surface area (TPSA) is 115 Å². The van der Waals surface area contributed by atoms with Gasteiger partial charge in [-0.15, -0.1) is 0 Å². The molecule has 1 aromatic heterocycles. The number of rotatable bonds is 4. The van der Waals surface area contributed by atoms with Crippen LogP contribution in [0.3, 0.4) is 0 Å². The zero-order valence-electron chi connectivity index (χ0n) is 10.3. The molecule has 0 bridgehead atoms. The predicted molar refractivity (Wildman–Crippen MR) is 72.1 cm³/mol. The Morgan fingerprint density at radius 1 is 1.45 bits per heavy atom. The Kier molecular flexibility index (Phi) is 3.84. The number of hydrogen-bond acceptors (Lipinski definition) is 5. The molecular formula is C11H11N3O4S2. The highest BCUT2D eigenvalue weighted by atomic mass is 32.2. The summed E-state index contributed by atoms with van der Waals surface area (Å²) in [6.45, 7) is 0. The molecule has 0 aliphatic rings. The minimum atomic E-state index is -3.93. The van der Waals surface area contributed by atoms with E-state index in [0.29, 0.717) is 4.90 Å². The van der Waals surface area contributed by atoms with Gasteiger partial charge in [-0.1, -0.05) is 11.8 Å². The first kappa shape index (κ1) is 14.6. The lowest BCUT2D eigenvalue weighted by Gasteiger charge is -2.06. The van der Waals surface area contributed by atoms with Crippen LogP contribution in [0.2, 0.25) is 0 Å². The number of aromatic nitrogens is 2. The molecule has 1 aromatic carbocycles. The van der Waals surface area contributed by atoms with Crippen molar-refractivity contribution in [2.75, 3.05) is 0 Å². The largest absolute Gasteiger partial charge is 0.478 e. The third kappa shape index (κ3) is 3.18. The Morgan fingerprint density at radius 3 is 2.65 bits per heavy atom. The fraction of sp³-hybridized carbons (Fsp3) is 0.0909. The molecule has 0 amide bonds. The van der Waals surface area contributed by atoms with Gasteiger partial charge in [-0.2, -0.15) is 5.10 Å². The van der Waals surface area contributed by atoms with Crippen molar-refractivity contribution in [1.82, 2.24) is 9.78 Å². The lowest BCUT2D eigenvalue weighted by atomic mass is 10.2. The summed E-state index contributed by atoms with van der Waals surface area (Å²) in [4.78, 5) is 12.2. The van der Waals surface area contributed by atoms with Gasteiger partial charge in [-0.05, 0) is 18.2 Å². The third-order valence-electron chi connectivity index (χ3n) is 2.42. The van der Waals surface area contributed by atoms with E-state index in [1.807, 2.05) is 0 Å². The molecule has 106 valence electrons. The van der Waals surface area contributed by atoms with Gasteiger partial charge < -0.3 is 5.11 Å². The number of carboxylic acid groups (broad SMARTS) is 1. The number of carbonyl (C=O) groups is 1. The van der Waals surface area contributed by atoms with Crippen molar-refractivity contribution in [3.63, 3.8) is 0 Å². The summed E-state index contributed by atoms with van der Waals surface area (Å²) in [5.74, 6) is -1.22. The first-order valence-electron chi connectivity index (χ1n) is 5.34. The highest BCUT2D eigenvalue weighted by Gasteiger charge is 2.17. The minimum Gasteiger partial charge on any atom is -0.478 e. The van der Waals surface area contributed by atoms with E-state index >= 15 is 0 Å². The lowest BCUT2D eigenvalue weighted by molar-refractivity contribution is 0.0693. The highest BCUT2D eigenvalue weighted by Crippen LogP contribution is 2.31. The Morgan fingerprint density at radius 2 is 2.15 bits per heavy atom. The fourth-order valence-corrected chi connectivity index (χ4v) is 3.01. The van der Waals surface area contributed by atoms with Crippen molar-refractivity contribution in [2.24, 2.45) is 12.2 Å². The van der Waals surface area contributed by atoms with Gasteiger partial charge in [-0.25, -0.2) is 18.4 Å². The number of nitrogens with two attached hydrogens (primary N) is 1. The maximum atomic E-state index is 11.2. The summed E-state index contributed by atoms with van der Waals surface area (Å²) in [7, 11) is -2.19. The van der Waals surface area contributed by atoms with Gasteiger partial charge in [0.2, 0.25) is 10.0 Å². The van der Waals surface area contributed by atoms with Crippen molar-refractivity contribution in [3.8, 4) is 0 Å². The number of primary sulfonamides is 1. The molecule has 0 fully saturated rings. The van der Waals surface area contributed by atoms with Crippen molar-refractivity contribution in [2.45, 2.75) is 14.7 Å². The molecule has 1 heterocycles. The molecule has 0 saturated heterocycles. The van der Waals surface area contributed by atoms with E-state index in [1.54, 1.807) is 24.1 Å². The number of hydrogen-bond donors (Lipinski definition) is 2. The number of aryl methyl sites for hydroxylation is 1. The molecule has 0 aliphatic carbocycles. The molecule has 0 unspecified atom stereocenters. The quantitative estimate of drug-likeness (QED) is 0.867. The number of aromatic carboxylic acids is 1. The molecule has 2 rings (SSSR count). The van der Waals surface area contributed by atoms with Crippen LogP contribution in [-0.2, 0) is 17.1 Å². The molecule has 9 heteroatoms. The second kappa shape index (κ2) is 5.27. The summed E-state index contributed by atoms with van der Waals surface area (Å²) in [5, 5.41) is 18.1. The van der Waals surface area contributed by atoms with Crippen molar-refractivity contribution < 1.29 is 18.3 Å². The summed E-state index contributed by atoms with van der Waals surface area (Å²) >= 11 is 1.18. The van der Waals surface area contributed by atoms with Crippen LogP contribution >= 0.6 is 11.8 Å². The van der Waals surface area contributed by atoms with Crippen LogP contribution in [0.25, 0.3) is 0 Å². The van der Waals surface area contributed by atoms with E-state index in [4.69, 9.17) is 10.2 Å². The molecule has 0 radical (unpaired) electrons. The normalized spacial score (nSPS) is 11.5. The van der Waals surface area contributed by atoms with Gasteiger partial charge in [0.1, 0.15) is 0 Å². The molecule has 3 N–H and O–H groups in total. The van der Waals surface area contributed by atoms with Gasteiger partial charge in [-0.3, -0.25) is 4.68 Å². The molecule has 0 atom stereocenters. The smallest absolute Gasteiger partial charge is 0.336 e. The van der Waals surface area contributed by atoms with Gasteiger partial charge in [0, 0.05) is 18.1 Å². The van der Waals surface area contributed by atoms with Crippen LogP contribution in [0.15, 0.2) is 45.3 Å². The molecule has 0 aliphatic heterocycles. The van der Waals surface area contributed by atoms with Gasteiger partial charge in [0.25, 0.3) is 0 Å². The van der Waals surface area contributed by atoms with E-state index in [0.717, 1.165) is 11.0 Å². The van der Waals surface area contributed by atoms with Gasteiger partial charge in [0.15, 0.2) is 0 Å². The maximum absolute atomic E-state index is 11.2. The Bertz CT molecular complexity index is 768. The molecule has 0 saturated carbocycles. The zero-order chi connectivity index (χ0) is 14.9. The molecular weight excluding hydrogens is 302 g/mol. The molecule has 2 aromatic rings. The second-order valence-corrected chi connectivity index (χ2v) is 6.64. The number of benzene rings is 1. The first-order chi connectivity index (χ1) is 9.27. The van der Waals surface area contributed by atoms with Gasteiger partial charge >= 0.3 is 5.97 Å². The Labute approximate surface area is 119 Å².